The van der Waals surface area contributed by atoms with Crippen LogP contribution >= 0.6 is 0 Å². The van der Waals surface area contributed by atoms with E-state index in [1.54, 1.807) is 6.92 Å². The molecule has 2 rings (SSSR count). The van der Waals surface area contributed by atoms with E-state index < -0.39 is 18.1 Å². The molecule has 0 aliphatic carbocycles. The van der Waals surface area contributed by atoms with Crippen molar-refractivity contribution in [1.29, 1.82) is 0 Å². The zero-order valence-corrected chi connectivity index (χ0v) is 9.38. The summed E-state index contributed by atoms with van der Waals surface area (Å²) < 4.78 is 0. The average molecular weight is 238 g/mol. The molecule has 1 aromatic heterocycles. The second kappa shape index (κ2) is 4.17. The molecule has 1 amide bonds. The summed E-state index contributed by atoms with van der Waals surface area (Å²) in [5.41, 5.74) is 6.99. The van der Waals surface area contributed by atoms with Crippen LogP contribution in [0.5, 0.6) is 0 Å². The fraction of sp³-hybridized carbons (Fsp3) is 0.500. The van der Waals surface area contributed by atoms with E-state index in [0.717, 1.165) is 5.69 Å². The van der Waals surface area contributed by atoms with Gasteiger partial charge in [-0.15, -0.1) is 0 Å². The Morgan fingerprint density at radius 2 is 2.41 bits per heavy atom. The normalized spacial score (nSPS) is 20.8. The van der Waals surface area contributed by atoms with Crippen LogP contribution < -0.4 is 5.73 Å². The molecule has 0 aromatic carbocycles. The Morgan fingerprint density at radius 3 is 3.00 bits per heavy atom. The second-order valence-electron chi connectivity index (χ2n) is 4.14. The van der Waals surface area contributed by atoms with Crippen molar-refractivity contribution in [2.75, 3.05) is 0 Å². The van der Waals surface area contributed by atoms with Gasteiger partial charge in [-0.2, -0.15) is 0 Å². The van der Waals surface area contributed by atoms with Gasteiger partial charge in [0.2, 0.25) is 5.91 Å². The van der Waals surface area contributed by atoms with Crippen LogP contribution in [0.3, 0.4) is 0 Å². The lowest BCUT2D eigenvalue weighted by Crippen LogP contribution is -2.53. The zero-order chi connectivity index (χ0) is 12.6. The monoisotopic (exact) mass is 238 g/mol. The van der Waals surface area contributed by atoms with Gasteiger partial charge in [-0.05, 0) is 6.92 Å². The van der Waals surface area contributed by atoms with Crippen LogP contribution in [0.2, 0.25) is 0 Å². The highest BCUT2D eigenvalue weighted by Crippen LogP contribution is 2.21. The van der Waals surface area contributed by atoms with Gasteiger partial charge in [0, 0.05) is 6.42 Å². The summed E-state index contributed by atoms with van der Waals surface area (Å²) in [6, 6.07) is -1.59. The van der Waals surface area contributed by atoms with Gasteiger partial charge in [0.25, 0.3) is 0 Å². The van der Waals surface area contributed by atoms with Gasteiger partial charge in [-0.1, -0.05) is 0 Å². The topological polar surface area (TPSA) is 112 Å². The molecule has 0 bridgehead atoms. The lowest BCUT2D eigenvalue weighted by atomic mass is 10.0. The third kappa shape index (κ3) is 2.01. The number of fused-ring (bicyclic) bond motifs is 1. The van der Waals surface area contributed by atoms with E-state index in [0.29, 0.717) is 5.69 Å². The van der Waals surface area contributed by atoms with Gasteiger partial charge in [0.15, 0.2) is 0 Å². The van der Waals surface area contributed by atoms with Crippen molar-refractivity contribution in [1.82, 2.24) is 14.9 Å². The highest BCUT2D eigenvalue weighted by molar-refractivity contribution is 5.87. The van der Waals surface area contributed by atoms with Gasteiger partial charge in [-0.3, -0.25) is 4.79 Å². The van der Waals surface area contributed by atoms with Crippen LogP contribution in [0.25, 0.3) is 0 Å². The van der Waals surface area contributed by atoms with Crippen LogP contribution in [0, 0.1) is 0 Å². The Labute approximate surface area is 97.6 Å². The van der Waals surface area contributed by atoms with Gasteiger partial charge in [0.1, 0.15) is 6.04 Å². The van der Waals surface area contributed by atoms with Crippen molar-refractivity contribution >= 4 is 11.9 Å². The van der Waals surface area contributed by atoms with Crippen LogP contribution in [-0.2, 0) is 22.6 Å². The van der Waals surface area contributed by atoms with E-state index in [-0.39, 0.29) is 18.9 Å². The number of aliphatic carboxylic acids is 1. The summed E-state index contributed by atoms with van der Waals surface area (Å²) in [7, 11) is 0. The van der Waals surface area contributed by atoms with E-state index in [1.165, 1.54) is 11.2 Å². The highest BCUT2D eigenvalue weighted by Gasteiger charge is 2.36. The third-order valence-corrected chi connectivity index (χ3v) is 2.86. The minimum absolute atomic E-state index is 0.215. The number of nitrogens with one attached hydrogen (secondary N) is 1. The molecule has 17 heavy (non-hydrogen) atoms. The summed E-state index contributed by atoms with van der Waals surface area (Å²) in [4.78, 5) is 31.2. The van der Waals surface area contributed by atoms with Gasteiger partial charge in [-0.25, -0.2) is 9.78 Å². The van der Waals surface area contributed by atoms with E-state index in [4.69, 9.17) is 10.8 Å². The first-order chi connectivity index (χ1) is 8.00. The summed E-state index contributed by atoms with van der Waals surface area (Å²) in [5.74, 6) is -1.40. The molecule has 7 heteroatoms. The molecule has 1 aliphatic heterocycles. The lowest BCUT2D eigenvalue weighted by Gasteiger charge is -2.33. The molecule has 1 unspecified atom stereocenters. The number of carbonyl (C=O) groups is 2. The molecule has 0 saturated heterocycles. The van der Waals surface area contributed by atoms with Crippen molar-refractivity contribution < 1.29 is 14.7 Å². The Kier molecular flexibility index (Phi) is 2.84. The smallest absolute Gasteiger partial charge is 0.326 e. The molecule has 0 saturated carbocycles. The Bertz CT molecular complexity index is 454. The van der Waals surface area contributed by atoms with E-state index >= 15 is 0 Å². The Hall–Kier alpha value is -1.89. The molecule has 0 spiro atoms. The first-order valence-corrected chi connectivity index (χ1v) is 5.30. The quantitative estimate of drug-likeness (QED) is 0.617. The summed E-state index contributed by atoms with van der Waals surface area (Å²) in [6.45, 7) is 1.76. The molecular weight excluding hydrogens is 224 g/mol. The highest BCUT2D eigenvalue weighted by atomic mass is 16.4. The maximum Gasteiger partial charge on any atom is 0.326 e. The first-order valence-electron chi connectivity index (χ1n) is 5.30. The van der Waals surface area contributed by atoms with Crippen molar-refractivity contribution in [2.45, 2.75) is 32.0 Å². The van der Waals surface area contributed by atoms with Crippen LogP contribution in [-0.4, -0.2) is 43.9 Å². The Morgan fingerprint density at radius 1 is 1.71 bits per heavy atom. The number of aromatic amines is 1. The number of aromatic nitrogens is 2. The van der Waals surface area contributed by atoms with E-state index in [2.05, 4.69) is 9.97 Å². The molecule has 1 aromatic rings. The number of carboxylic acids is 1. The van der Waals surface area contributed by atoms with E-state index in [1.807, 2.05) is 0 Å². The molecule has 2 atom stereocenters. The van der Waals surface area contributed by atoms with Crippen molar-refractivity contribution in [3.63, 3.8) is 0 Å². The predicted molar refractivity (Wildman–Crippen MR) is 57.9 cm³/mol. The number of nitrogens with zero attached hydrogens (tertiary/aromatic N) is 2. The number of nitrogens with two attached hydrogens (primary N) is 1. The summed E-state index contributed by atoms with van der Waals surface area (Å²) in [5, 5.41) is 9.13. The zero-order valence-electron chi connectivity index (χ0n) is 9.38. The predicted octanol–water partition coefficient (Wildman–Crippen LogP) is -0.905. The van der Waals surface area contributed by atoms with Crippen LogP contribution in [0.1, 0.15) is 18.3 Å². The number of hydrogen-bond donors (Lipinski definition) is 3. The van der Waals surface area contributed by atoms with Crippen LogP contribution in [0.15, 0.2) is 6.33 Å². The first kappa shape index (κ1) is 11.6. The number of rotatable bonds is 2. The molecule has 2 heterocycles. The number of carboxylic acid groups (broad SMARTS) is 1. The minimum Gasteiger partial charge on any atom is -0.480 e. The lowest BCUT2D eigenvalue weighted by molar-refractivity contribution is -0.151. The molecule has 1 aliphatic rings. The number of carbonyl (C=O) groups excluding carboxylic acids is 1. The number of imidazole rings is 1. The van der Waals surface area contributed by atoms with Gasteiger partial charge in [0.05, 0.1) is 30.3 Å². The van der Waals surface area contributed by atoms with Gasteiger partial charge >= 0.3 is 5.97 Å². The largest absolute Gasteiger partial charge is 0.480 e. The van der Waals surface area contributed by atoms with E-state index in [9.17, 15) is 9.59 Å². The average Bonchev–Trinajstić information content (AvgIpc) is 2.72. The summed E-state index contributed by atoms with van der Waals surface area (Å²) >= 11 is 0. The molecular formula is C10H14N4O3. The van der Waals surface area contributed by atoms with Crippen molar-refractivity contribution in [3.05, 3.63) is 17.7 Å². The fourth-order valence-corrected chi connectivity index (χ4v) is 1.95. The maximum absolute atomic E-state index is 11.8. The van der Waals surface area contributed by atoms with Crippen molar-refractivity contribution in [2.24, 2.45) is 5.73 Å². The van der Waals surface area contributed by atoms with Crippen molar-refractivity contribution in [3.8, 4) is 0 Å². The number of hydrogen-bond acceptors (Lipinski definition) is 4. The third-order valence-electron chi connectivity index (χ3n) is 2.86. The molecule has 7 nitrogen and oxygen atoms in total. The fourth-order valence-electron chi connectivity index (χ4n) is 1.95. The Balaban J connectivity index is 2.31. The van der Waals surface area contributed by atoms with Crippen LogP contribution in [0.4, 0.5) is 0 Å². The maximum atomic E-state index is 11.8. The number of amides is 1. The summed E-state index contributed by atoms with van der Waals surface area (Å²) in [6.07, 6.45) is 1.72. The molecule has 0 radical (unpaired) electrons. The van der Waals surface area contributed by atoms with Gasteiger partial charge < -0.3 is 20.7 Å². The second-order valence-corrected chi connectivity index (χ2v) is 4.14. The molecule has 0 fully saturated rings. The molecule has 92 valence electrons. The number of H-pyrrole nitrogens is 1. The SMILES string of the molecule is C[C@@H](N)C(=O)N1Cc2[nH]cnc2CC1C(=O)O. The molecule has 4 N–H and O–H groups in total. The minimum atomic E-state index is -1.03. The standard InChI is InChI=1S/C10H14N4O3/c1-5(11)9(15)14-3-7-6(12-4-13-7)2-8(14)10(16)17/h4-5,8H,2-3,11H2,1H3,(H,12,13)(H,16,17)/t5-,8?/m1/s1.